The number of halogens is 2. The van der Waals surface area contributed by atoms with Crippen LogP contribution in [0.15, 0.2) is 48.5 Å². The third-order valence-corrected chi connectivity index (χ3v) is 4.11. The summed E-state index contributed by atoms with van der Waals surface area (Å²) in [6, 6.07) is 12.2. The molecule has 0 aliphatic heterocycles. The molecule has 0 bridgehead atoms. The number of carbonyl (C=O) groups excluding carboxylic acids is 2. The largest absolute Gasteiger partial charge is 0.496 e. The van der Waals surface area contributed by atoms with E-state index < -0.39 is 5.91 Å². The number of benzene rings is 2. The average Bonchev–Trinajstić information content (AvgIpc) is 2.69. The van der Waals surface area contributed by atoms with E-state index in [9.17, 15) is 9.59 Å². The Bertz CT molecular complexity index is 856. The van der Waals surface area contributed by atoms with Gasteiger partial charge >= 0.3 is 0 Å². The first-order valence-corrected chi connectivity index (χ1v) is 9.23. The van der Waals surface area contributed by atoms with Crippen molar-refractivity contribution in [1.82, 2.24) is 10.9 Å². The zero-order chi connectivity index (χ0) is 20.4. The lowest BCUT2D eigenvalue weighted by atomic mass is 10.2. The zero-order valence-corrected chi connectivity index (χ0v) is 16.7. The molecule has 0 saturated heterocycles. The second-order valence-electron chi connectivity index (χ2n) is 5.64. The van der Waals surface area contributed by atoms with Crippen LogP contribution in [0, 0.1) is 0 Å². The van der Waals surface area contributed by atoms with E-state index in [1.165, 1.54) is 6.08 Å². The van der Waals surface area contributed by atoms with Crippen LogP contribution in [0.3, 0.4) is 0 Å². The number of hydrogen-bond acceptors (Lipinski definition) is 4. The van der Waals surface area contributed by atoms with Crippen molar-refractivity contribution in [3.8, 4) is 11.5 Å². The third kappa shape index (κ3) is 7.13. The van der Waals surface area contributed by atoms with Crippen LogP contribution in [-0.2, 0) is 9.59 Å². The molecule has 2 amide bonds. The summed E-state index contributed by atoms with van der Waals surface area (Å²) in [6.07, 6.45) is 3.55. The average molecular weight is 423 g/mol. The molecule has 0 spiro atoms. The predicted octanol–water partition coefficient (Wildman–Crippen LogP) is 4.02. The van der Waals surface area contributed by atoms with Crippen LogP contribution in [0.25, 0.3) is 6.08 Å². The first kappa shape index (κ1) is 21.6. The highest BCUT2D eigenvalue weighted by Gasteiger charge is 2.05. The van der Waals surface area contributed by atoms with E-state index in [1.807, 2.05) is 18.2 Å². The van der Waals surface area contributed by atoms with E-state index >= 15 is 0 Å². The van der Waals surface area contributed by atoms with Crippen LogP contribution >= 0.6 is 23.2 Å². The standard InChI is InChI=1S/C20H20Cl2N2O4/c1-27-17-6-3-2-5-14(17)8-11-20(26)24-23-19(25)7-4-12-28-18-10-9-15(21)13-16(18)22/h2-3,5-6,8-11,13H,4,7,12H2,1H3,(H,23,25)(H,24,26)/b11-8+. The summed E-state index contributed by atoms with van der Waals surface area (Å²) in [6.45, 7) is 0.302. The summed E-state index contributed by atoms with van der Waals surface area (Å²) in [5.74, 6) is 0.367. The monoisotopic (exact) mass is 422 g/mol. The van der Waals surface area contributed by atoms with Crippen LogP contribution < -0.4 is 20.3 Å². The summed E-state index contributed by atoms with van der Waals surface area (Å²) in [5, 5.41) is 0.929. The number of hydrogen-bond donors (Lipinski definition) is 2. The van der Waals surface area contributed by atoms with E-state index in [-0.39, 0.29) is 12.3 Å². The summed E-state index contributed by atoms with van der Waals surface area (Å²) in [7, 11) is 1.55. The number of rotatable bonds is 8. The zero-order valence-electron chi connectivity index (χ0n) is 15.2. The molecule has 2 rings (SSSR count). The fourth-order valence-electron chi connectivity index (χ4n) is 2.21. The topological polar surface area (TPSA) is 76.7 Å². The first-order valence-electron chi connectivity index (χ1n) is 8.47. The Labute approximate surface area is 173 Å². The lowest BCUT2D eigenvalue weighted by Crippen LogP contribution is -2.40. The highest BCUT2D eigenvalue weighted by molar-refractivity contribution is 6.35. The van der Waals surface area contributed by atoms with Gasteiger partial charge in [-0.05, 0) is 36.8 Å². The maximum Gasteiger partial charge on any atom is 0.262 e. The molecule has 0 atom stereocenters. The van der Waals surface area contributed by atoms with Crippen LogP contribution in [0.4, 0.5) is 0 Å². The fraction of sp³-hybridized carbons (Fsp3) is 0.200. The van der Waals surface area contributed by atoms with Crippen molar-refractivity contribution in [2.45, 2.75) is 12.8 Å². The van der Waals surface area contributed by atoms with Crippen molar-refractivity contribution in [3.05, 3.63) is 64.1 Å². The minimum absolute atomic E-state index is 0.182. The number of nitrogens with one attached hydrogen (secondary N) is 2. The van der Waals surface area contributed by atoms with Gasteiger partial charge in [0.25, 0.3) is 5.91 Å². The van der Waals surface area contributed by atoms with Crippen molar-refractivity contribution in [1.29, 1.82) is 0 Å². The summed E-state index contributed by atoms with van der Waals surface area (Å²) in [4.78, 5) is 23.6. The van der Waals surface area contributed by atoms with Crippen molar-refractivity contribution in [3.63, 3.8) is 0 Å². The van der Waals surface area contributed by atoms with Crippen molar-refractivity contribution in [2.24, 2.45) is 0 Å². The molecule has 2 aromatic rings. The van der Waals surface area contributed by atoms with Gasteiger partial charge in [-0.3, -0.25) is 20.4 Å². The smallest absolute Gasteiger partial charge is 0.262 e. The minimum Gasteiger partial charge on any atom is -0.496 e. The number of carbonyl (C=O) groups is 2. The van der Waals surface area contributed by atoms with Gasteiger partial charge in [0.05, 0.1) is 18.7 Å². The molecule has 0 unspecified atom stereocenters. The number of hydrazine groups is 1. The van der Waals surface area contributed by atoms with Gasteiger partial charge in [-0.15, -0.1) is 0 Å². The Balaban J connectivity index is 1.67. The van der Waals surface area contributed by atoms with Gasteiger partial charge in [-0.2, -0.15) is 0 Å². The molecule has 0 aliphatic carbocycles. The normalized spacial score (nSPS) is 10.5. The molecule has 0 aromatic heterocycles. The van der Waals surface area contributed by atoms with Gasteiger partial charge in [0, 0.05) is 23.1 Å². The molecule has 0 saturated carbocycles. The maximum absolute atomic E-state index is 11.8. The number of ether oxygens (including phenoxy) is 2. The lowest BCUT2D eigenvalue weighted by Gasteiger charge is -2.09. The number of para-hydroxylation sites is 1. The predicted molar refractivity (Wildman–Crippen MR) is 110 cm³/mol. The summed E-state index contributed by atoms with van der Waals surface area (Å²) < 4.78 is 10.7. The van der Waals surface area contributed by atoms with Gasteiger partial charge < -0.3 is 9.47 Å². The SMILES string of the molecule is COc1ccccc1/C=C/C(=O)NNC(=O)CCCOc1ccc(Cl)cc1Cl. The highest BCUT2D eigenvalue weighted by atomic mass is 35.5. The second kappa shape index (κ2) is 11.2. The molecule has 6 nitrogen and oxygen atoms in total. The summed E-state index contributed by atoms with van der Waals surface area (Å²) >= 11 is 11.8. The quantitative estimate of drug-likeness (QED) is 0.382. The molecule has 0 fully saturated rings. The van der Waals surface area contributed by atoms with E-state index in [0.717, 1.165) is 5.56 Å². The molecule has 28 heavy (non-hydrogen) atoms. The van der Waals surface area contributed by atoms with E-state index in [2.05, 4.69) is 10.9 Å². The second-order valence-corrected chi connectivity index (χ2v) is 6.48. The van der Waals surface area contributed by atoms with Gasteiger partial charge in [0.15, 0.2) is 0 Å². The van der Waals surface area contributed by atoms with Crippen LogP contribution in [0.2, 0.25) is 10.0 Å². The fourth-order valence-corrected chi connectivity index (χ4v) is 2.68. The lowest BCUT2D eigenvalue weighted by molar-refractivity contribution is -0.126. The van der Waals surface area contributed by atoms with Crippen LogP contribution in [0.1, 0.15) is 18.4 Å². The molecule has 0 heterocycles. The Morgan fingerprint density at radius 2 is 1.86 bits per heavy atom. The minimum atomic E-state index is -0.455. The van der Waals surface area contributed by atoms with Gasteiger partial charge in [-0.1, -0.05) is 41.4 Å². The van der Waals surface area contributed by atoms with Gasteiger partial charge in [0.1, 0.15) is 11.5 Å². The van der Waals surface area contributed by atoms with Crippen LogP contribution in [-0.4, -0.2) is 25.5 Å². The Hall–Kier alpha value is -2.70. The molecule has 0 radical (unpaired) electrons. The van der Waals surface area contributed by atoms with E-state index in [0.29, 0.717) is 34.6 Å². The third-order valence-electron chi connectivity index (χ3n) is 3.58. The molecule has 0 aliphatic rings. The van der Waals surface area contributed by atoms with Gasteiger partial charge in [-0.25, -0.2) is 0 Å². The molecule has 2 aromatic carbocycles. The highest BCUT2D eigenvalue weighted by Crippen LogP contribution is 2.27. The molecule has 2 N–H and O–H groups in total. The maximum atomic E-state index is 11.8. The molecule has 8 heteroatoms. The number of methoxy groups -OCH3 is 1. The Morgan fingerprint density at radius 1 is 1.07 bits per heavy atom. The molecule has 148 valence electrons. The van der Waals surface area contributed by atoms with Gasteiger partial charge in [0.2, 0.25) is 5.91 Å². The van der Waals surface area contributed by atoms with Crippen molar-refractivity contribution in [2.75, 3.05) is 13.7 Å². The molecular formula is C20H20Cl2N2O4. The van der Waals surface area contributed by atoms with Crippen molar-refractivity contribution >= 4 is 41.1 Å². The Morgan fingerprint density at radius 3 is 2.61 bits per heavy atom. The summed E-state index contributed by atoms with van der Waals surface area (Å²) in [5.41, 5.74) is 5.42. The first-order chi connectivity index (χ1) is 13.5. The Kier molecular flexibility index (Phi) is 8.65. The van der Waals surface area contributed by atoms with Crippen LogP contribution in [0.5, 0.6) is 11.5 Å². The van der Waals surface area contributed by atoms with E-state index in [4.69, 9.17) is 32.7 Å². The molecular weight excluding hydrogens is 403 g/mol. The van der Waals surface area contributed by atoms with E-state index in [1.54, 1.807) is 37.5 Å². The van der Waals surface area contributed by atoms with Crippen molar-refractivity contribution < 1.29 is 19.1 Å². The number of amides is 2.